The minimum Gasteiger partial charge on any atom is -0.379 e. The first-order valence-corrected chi connectivity index (χ1v) is 6.56. The van der Waals surface area contributed by atoms with Crippen LogP contribution in [0.5, 0.6) is 0 Å². The standard InChI is InChI=1S/C12H23N3O3/c1-2-3-13-11(16)10-12(17)14-4-5-15-6-8-18-9-7-15/h2-10H2,1H3,(H,13,16)(H,14,17). The maximum absolute atomic E-state index is 11.4. The molecule has 0 saturated carbocycles. The van der Waals surface area contributed by atoms with Crippen molar-refractivity contribution in [1.29, 1.82) is 0 Å². The first-order valence-electron chi connectivity index (χ1n) is 6.56. The summed E-state index contributed by atoms with van der Waals surface area (Å²) in [6, 6.07) is 0. The van der Waals surface area contributed by atoms with E-state index in [9.17, 15) is 9.59 Å². The summed E-state index contributed by atoms with van der Waals surface area (Å²) in [4.78, 5) is 25.0. The Morgan fingerprint density at radius 3 is 2.33 bits per heavy atom. The molecule has 2 amide bonds. The highest BCUT2D eigenvalue weighted by molar-refractivity contribution is 5.96. The summed E-state index contributed by atoms with van der Waals surface area (Å²) in [5.74, 6) is -0.419. The maximum Gasteiger partial charge on any atom is 0.229 e. The van der Waals surface area contributed by atoms with Gasteiger partial charge in [0.25, 0.3) is 0 Å². The minimum absolute atomic E-state index is 0.0802. The Labute approximate surface area is 108 Å². The zero-order valence-electron chi connectivity index (χ0n) is 11.0. The number of rotatable bonds is 7. The predicted octanol–water partition coefficient (Wildman–Crippen LogP) is -0.649. The van der Waals surface area contributed by atoms with E-state index >= 15 is 0 Å². The summed E-state index contributed by atoms with van der Waals surface area (Å²) in [7, 11) is 0. The number of morpholine rings is 1. The average molecular weight is 257 g/mol. The molecule has 1 aliphatic heterocycles. The number of carbonyl (C=O) groups excluding carboxylic acids is 2. The second-order valence-electron chi connectivity index (χ2n) is 4.33. The molecule has 0 atom stereocenters. The van der Waals surface area contributed by atoms with E-state index in [-0.39, 0.29) is 18.2 Å². The highest BCUT2D eigenvalue weighted by atomic mass is 16.5. The number of hydrogen-bond donors (Lipinski definition) is 2. The predicted molar refractivity (Wildman–Crippen MR) is 68.2 cm³/mol. The van der Waals surface area contributed by atoms with Crippen molar-refractivity contribution in [3.05, 3.63) is 0 Å². The Bertz CT molecular complexity index is 265. The van der Waals surface area contributed by atoms with Gasteiger partial charge in [-0.25, -0.2) is 0 Å². The zero-order chi connectivity index (χ0) is 13.2. The van der Waals surface area contributed by atoms with Crippen molar-refractivity contribution in [3.63, 3.8) is 0 Å². The summed E-state index contributed by atoms with van der Waals surface area (Å²) < 4.78 is 5.24. The van der Waals surface area contributed by atoms with Crippen LogP contribution in [0.15, 0.2) is 0 Å². The van der Waals surface area contributed by atoms with Crippen LogP contribution in [-0.4, -0.2) is 62.7 Å². The Morgan fingerprint density at radius 1 is 1.11 bits per heavy atom. The first-order chi connectivity index (χ1) is 8.72. The van der Waals surface area contributed by atoms with Gasteiger partial charge in [-0.3, -0.25) is 14.5 Å². The third-order valence-corrected chi connectivity index (χ3v) is 2.75. The van der Waals surface area contributed by atoms with Crippen LogP contribution in [0.3, 0.4) is 0 Å². The number of ether oxygens (including phenoxy) is 1. The van der Waals surface area contributed by atoms with Gasteiger partial charge in [0.05, 0.1) is 13.2 Å². The van der Waals surface area contributed by atoms with Crippen LogP contribution in [0.2, 0.25) is 0 Å². The molecule has 104 valence electrons. The molecular formula is C12H23N3O3. The lowest BCUT2D eigenvalue weighted by Crippen LogP contribution is -2.42. The molecule has 0 bridgehead atoms. The monoisotopic (exact) mass is 257 g/mol. The van der Waals surface area contributed by atoms with Crippen molar-refractivity contribution in [1.82, 2.24) is 15.5 Å². The lowest BCUT2D eigenvalue weighted by atomic mass is 10.3. The van der Waals surface area contributed by atoms with Gasteiger partial charge in [-0.1, -0.05) is 6.92 Å². The smallest absolute Gasteiger partial charge is 0.229 e. The Kier molecular flexibility index (Phi) is 7.36. The molecule has 1 heterocycles. The van der Waals surface area contributed by atoms with E-state index in [1.54, 1.807) is 0 Å². The van der Waals surface area contributed by atoms with Crippen LogP contribution < -0.4 is 10.6 Å². The van der Waals surface area contributed by atoms with Crippen molar-refractivity contribution in [3.8, 4) is 0 Å². The van der Waals surface area contributed by atoms with E-state index in [0.717, 1.165) is 39.3 Å². The molecule has 2 N–H and O–H groups in total. The number of carbonyl (C=O) groups is 2. The molecule has 1 saturated heterocycles. The van der Waals surface area contributed by atoms with E-state index in [1.807, 2.05) is 6.92 Å². The van der Waals surface area contributed by atoms with E-state index in [0.29, 0.717) is 13.1 Å². The number of hydrogen-bond acceptors (Lipinski definition) is 4. The van der Waals surface area contributed by atoms with Crippen molar-refractivity contribution in [2.45, 2.75) is 19.8 Å². The van der Waals surface area contributed by atoms with Crippen molar-refractivity contribution >= 4 is 11.8 Å². The molecule has 0 aromatic carbocycles. The van der Waals surface area contributed by atoms with E-state index in [2.05, 4.69) is 15.5 Å². The van der Waals surface area contributed by atoms with Gasteiger partial charge in [-0.15, -0.1) is 0 Å². The van der Waals surface area contributed by atoms with E-state index in [4.69, 9.17) is 4.74 Å². The van der Waals surface area contributed by atoms with Gasteiger partial charge in [0.2, 0.25) is 11.8 Å². The van der Waals surface area contributed by atoms with Gasteiger partial charge < -0.3 is 15.4 Å². The maximum atomic E-state index is 11.4. The number of amides is 2. The van der Waals surface area contributed by atoms with Crippen molar-refractivity contribution < 1.29 is 14.3 Å². The molecule has 0 unspecified atom stereocenters. The molecule has 0 aromatic heterocycles. The molecular weight excluding hydrogens is 234 g/mol. The Hall–Kier alpha value is -1.14. The van der Waals surface area contributed by atoms with Crippen molar-refractivity contribution in [2.24, 2.45) is 0 Å². The number of nitrogens with one attached hydrogen (secondary N) is 2. The van der Waals surface area contributed by atoms with Crippen molar-refractivity contribution in [2.75, 3.05) is 45.9 Å². The molecule has 1 fully saturated rings. The Morgan fingerprint density at radius 2 is 1.72 bits per heavy atom. The first kappa shape index (κ1) is 14.9. The molecule has 0 aliphatic carbocycles. The highest BCUT2D eigenvalue weighted by Gasteiger charge is 2.11. The summed E-state index contributed by atoms with van der Waals surface area (Å²) in [6.07, 6.45) is 0.799. The lowest BCUT2D eigenvalue weighted by Gasteiger charge is -2.26. The molecule has 6 heteroatoms. The summed E-state index contributed by atoms with van der Waals surface area (Å²) in [5, 5.41) is 5.43. The summed E-state index contributed by atoms with van der Waals surface area (Å²) >= 11 is 0. The fraction of sp³-hybridized carbons (Fsp3) is 0.833. The van der Waals surface area contributed by atoms with Crippen LogP contribution in [0.4, 0.5) is 0 Å². The quantitative estimate of drug-likeness (QED) is 0.595. The van der Waals surface area contributed by atoms with Gasteiger partial charge in [-0.2, -0.15) is 0 Å². The number of nitrogens with zero attached hydrogens (tertiary/aromatic N) is 1. The van der Waals surface area contributed by atoms with Gasteiger partial charge in [-0.05, 0) is 6.42 Å². The third kappa shape index (κ3) is 6.56. The van der Waals surface area contributed by atoms with Crippen LogP contribution in [0.1, 0.15) is 19.8 Å². The minimum atomic E-state index is -0.211. The molecule has 6 nitrogen and oxygen atoms in total. The molecule has 18 heavy (non-hydrogen) atoms. The highest BCUT2D eigenvalue weighted by Crippen LogP contribution is 1.94. The van der Waals surface area contributed by atoms with Crippen LogP contribution in [-0.2, 0) is 14.3 Å². The lowest BCUT2D eigenvalue weighted by molar-refractivity contribution is -0.129. The fourth-order valence-corrected chi connectivity index (χ4v) is 1.71. The van der Waals surface area contributed by atoms with Gasteiger partial charge in [0, 0.05) is 32.7 Å². The molecule has 0 spiro atoms. The fourth-order valence-electron chi connectivity index (χ4n) is 1.71. The zero-order valence-corrected chi connectivity index (χ0v) is 11.0. The SMILES string of the molecule is CCCNC(=O)CC(=O)NCCN1CCOCC1. The average Bonchev–Trinajstić information content (AvgIpc) is 2.37. The summed E-state index contributed by atoms with van der Waals surface area (Å²) in [6.45, 7) is 7.33. The normalized spacial score (nSPS) is 16.3. The molecule has 0 radical (unpaired) electrons. The summed E-state index contributed by atoms with van der Waals surface area (Å²) in [5.41, 5.74) is 0. The largest absolute Gasteiger partial charge is 0.379 e. The van der Waals surface area contributed by atoms with E-state index < -0.39 is 0 Å². The van der Waals surface area contributed by atoms with E-state index in [1.165, 1.54) is 0 Å². The second kappa shape index (κ2) is 8.88. The molecule has 0 aromatic rings. The van der Waals surface area contributed by atoms with Crippen LogP contribution in [0.25, 0.3) is 0 Å². The molecule has 1 aliphatic rings. The topological polar surface area (TPSA) is 70.7 Å². The van der Waals surface area contributed by atoms with Gasteiger partial charge in [0.1, 0.15) is 6.42 Å². The van der Waals surface area contributed by atoms with Crippen LogP contribution >= 0.6 is 0 Å². The third-order valence-electron chi connectivity index (χ3n) is 2.75. The van der Waals surface area contributed by atoms with Crippen LogP contribution in [0, 0.1) is 0 Å². The molecule has 1 rings (SSSR count). The Balaban J connectivity index is 2.03. The van der Waals surface area contributed by atoms with Gasteiger partial charge >= 0.3 is 0 Å². The second-order valence-corrected chi connectivity index (χ2v) is 4.33. The van der Waals surface area contributed by atoms with Gasteiger partial charge in [0.15, 0.2) is 0 Å².